The molecule has 0 radical (unpaired) electrons. The van der Waals surface area contributed by atoms with Gasteiger partial charge in [-0.2, -0.15) is 0 Å². The first-order valence-electron chi connectivity index (χ1n) is 5.80. The molecule has 0 unspecified atom stereocenters. The maximum Gasteiger partial charge on any atom is 0.255 e. The van der Waals surface area contributed by atoms with Crippen LogP contribution in [0.4, 0.5) is 4.39 Å². The van der Waals surface area contributed by atoms with Crippen LogP contribution in [0.1, 0.15) is 23.2 Å². The number of nitrogens with zero attached hydrogens (tertiary/aromatic N) is 1. The molecule has 1 aromatic carbocycles. The Balaban J connectivity index is 2.21. The average Bonchev–Trinajstić information content (AvgIpc) is 3.15. The van der Waals surface area contributed by atoms with Crippen molar-refractivity contribution < 1.29 is 9.18 Å². The first-order valence-corrected chi connectivity index (χ1v) is 6.59. The molecule has 0 spiro atoms. The van der Waals surface area contributed by atoms with Gasteiger partial charge in [-0.05, 0) is 46.8 Å². The molecule has 1 aliphatic carbocycles. The molecule has 1 fully saturated rings. The van der Waals surface area contributed by atoms with E-state index in [9.17, 15) is 9.18 Å². The fraction of sp³-hybridized carbons (Fsp3) is 0.357. The molecule has 2 nitrogen and oxygen atoms in total. The third-order valence-corrected chi connectivity index (χ3v) is 3.73. The van der Waals surface area contributed by atoms with Crippen molar-refractivity contribution in [2.75, 3.05) is 13.1 Å². The van der Waals surface area contributed by atoms with E-state index in [4.69, 9.17) is 6.42 Å². The number of carbonyl (C=O) groups is 1. The third-order valence-electron chi connectivity index (χ3n) is 2.93. The number of terminal acetylenes is 1. The van der Waals surface area contributed by atoms with Crippen LogP contribution in [-0.2, 0) is 0 Å². The highest BCUT2D eigenvalue weighted by molar-refractivity contribution is 9.10. The summed E-state index contributed by atoms with van der Waals surface area (Å²) in [6.07, 6.45) is 7.55. The maximum atomic E-state index is 13.4. The van der Waals surface area contributed by atoms with Crippen molar-refractivity contribution in [1.29, 1.82) is 0 Å². The number of halogens is 2. The molecule has 18 heavy (non-hydrogen) atoms. The second-order valence-electron chi connectivity index (χ2n) is 4.43. The zero-order chi connectivity index (χ0) is 13.1. The van der Waals surface area contributed by atoms with Crippen LogP contribution in [0.3, 0.4) is 0 Å². The highest BCUT2D eigenvalue weighted by atomic mass is 79.9. The molecule has 0 bridgehead atoms. The van der Waals surface area contributed by atoms with Crippen LogP contribution >= 0.6 is 15.9 Å². The normalized spacial score (nSPS) is 14.1. The van der Waals surface area contributed by atoms with Crippen LogP contribution in [0.15, 0.2) is 22.7 Å². The number of amides is 1. The zero-order valence-electron chi connectivity index (χ0n) is 9.83. The fourth-order valence-electron chi connectivity index (χ4n) is 1.78. The van der Waals surface area contributed by atoms with Crippen LogP contribution in [0, 0.1) is 24.1 Å². The molecule has 0 N–H and O–H groups in total. The molecule has 0 heterocycles. The molecule has 94 valence electrons. The fourth-order valence-corrected chi connectivity index (χ4v) is 2.21. The molecule has 4 heteroatoms. The predicted octanol–water partition coefficient (Wildman–Crippen LogP) is 3.07. The Morgan fingerprint density at radius 2 is 2.28 bits per heavy atom. The van der Waals surface area contributed by atoms with E-state index in [1.54, 1.807) is 11.0 Å². The summed E-state index contributed by atoms with van der Waals surface area (Å²) >= 11 is 3.11. The first kappa shape index (κ1) is 13.1. The van der Waals surface area contributed by atoms with Crippen LogP contribution in [0.25, 0.3) is 0 Å². The van der Waals surface area contributed by atoms with E-state index in [2.05, 4.69) is 21.9 Å². The molecule has 1 amide bonds. The van der Waals surface area contributed by atoms with Gasteiger partial charge in [0.2, 0.25) is 0 Å². The lowest BCUT2D eigenvalue weighted by atomic mass is 10.2. The molecule has 0 aliphatic heterocycles. The minimum Gasteiger partial charge on any atom is -0.327 e. The van der Waals surface area contributed by atoms with E-state index in [1.165, 1.54) is 12.1 Å². The molecule has 0 aromatic heterocycles. The van der Waals surface area contributed by atoms with Crippen molar-refractivity contribution in [2.45, 2.75) is 12.8 Å². The van der Waals surface area contributed by atoms with Gasteiger partial charge < -0.3 is 4.90 Å². The molecular formula is C14H13BrFNO. The quantitative estimate of drug-likeness (QED) is 0.783. The van der Waals surface area contributed by atoms with Gasteiger partial charge in [0.05, 0.1) is 16.6 Å². The summed E-state index contributed by atoms with van der Waals surface area (Å²) in [5.41, 5.74) is 0.325. The van der Waals surface area contributed by atoms with Crippen molar-refractivity contribution in [3.05, 3.63) is 34.1 Å². The Bertz CT molecular complexity index is 505. The van der Waals surface area contributed by atoms with Crippen molar-refractivity contribution in [3.8, 4) is 12.3 Å². The average molecular weight is 310 g/mol. The van der Waals surface area contributed by atoms with Gasteiger partial charge in [-0.25, -0.2) is 4.39 Å². The Morgan fingerprint density at radius 3 is 2.89 bits per heavy atom. The minimum atomic E-state index is -0.437. The van der Waals surface area contributed by atoms with Gasteiger partial charge in [-0.1, -0.05) is 12.0 Å². The summed E-state index contributed by atoms with van der Waals surface area (Å²) in [6, 6.07) is 4.44. The molecule has 2 rings (SSSR count). The molecule has 1 aromatic rings. The summed E-state index contributed by atoms with van der Waals surface area (Å²) in [4.78, 5) is 13.9. The largest absolute Gasteiger partial charge is 0.327 e. The summed E-state index contributed by atoms with van der Waals surface area (Å²) in [6.45, 7) is 0.921. The van der Waals surface area contributed by atoms with E-state index in [0.717, 1.165) is 12.8 Å². The van der Waals surface area contributed by atoms with Gasteiger partial charge in [0.15, 0.2) is 0 Å². The maximum absolute atomic E-state index is 13.4. The third kappa shape index (κ3) is 2.91. The lowest BCUT2D eigenvalue weighted by Gasteiger charge is -2.20. The second kappa shape index (κ2) is 5.53. The van der Waals surface area contributed by atoms with Crippen molar-refractivity contribution >= 4 is 21.8 Å². The summed E-state index contributed by atoms with van der Waals surface area (Å²) < 4.78 is 13.6. The van der Waals surface area contributed by atoms with Gasteiger partial charge in [0.25, 0.3) is 5.91 Å². The van der Waals surface area contributed by atoms with Crippen LogP contribution in [0.2, 0.25) is 0 Å². The Kier molecular flexibility index (Phi) is 4.03. The SMILES string of the molecule is C#CCN(CC1CC1)C(=O)c1cccc(F)c1Br. The molecule has 0 atom stereocenters. The molecular weight excluding hydrogens is 297 g/mol. The minimum absolute atomic E-state index is 0.202. The first-order chi connectivity index (χ1) is 8.63. The standard InChI is InChI=1S/C14H13BrFNO/c1-2-8-17(9-10-6-7-10)14(18)11-4-3-5-12(16)13(11)15/h1,3-5,10H,6-9H2. The van der Waals surface area contributed by atoms with Gasteiger partial charge >= 0.3 is 0 Å². The predicted molar refractivity (Wildman–Crippen MR) is 71.6 cm³/mol. The monoisotopic (exact) mass is 309 g/mol. The topological polar surface area (TPSA) is 20.3 Å². The molecule has 1 aliphatic rings. The van der Waals surface area contributed by atoms with E-state index in [0.29, 0.717) is 18.0 Å². The highest BCUT2D eigenvalue weighted by Gasteiger charge is 2.27. The van der Waals surface area contributed by atoms with Gasteiger partial charge in [0, 0.05) is 6.54 Å². The van der Waals surface area contributed by atoms with Crippen LogP contribution in [-0.4, -0.2) is 23.9 Å². The molecule has 0 saturated heterocycles. The smallest absolute Gasteiger partial charge is 0.255 e. The van der Waals surface area contributed by atoms with Crippen molar-refractivity contribution in [2.24, 2.45) is 5.92 Å². The van der Waals surface area contributed by atoms with Gasteiger partial charge in [-0.15, -0.1) is 6.42 Å². The number of rotatable bonds is 4. The van der Waals surface area contributed by atoms with E-state index in [-0.39, 0.29) is 16.9 Å². The van der Waals surface area contributed by atoms with Gasteiger partial charge in [-0.3, -0.25) is 4.79 Å². The highest BCUT2D eigenvalue weighted by Crippen LogP contribution is 2.30. The summed E-state index contributed by atoms with van der Waals surface area (Å²) in [7, 11) is 0. The Labute approximate surface area is 114 Å². The van der Waals surface area contributed by atoms with E-state index in [1.807, 2.05) is 0 Å². The number of carbonyl (C=O) groups excluding carboxylic acids is 1. The Morgan fingerprint density at radius 1 is 1.56 bits per heavy atom. The molecule has 1 saturated carbocycles. The lowest BCUT2D eigenvalue weighted by Crippen LogP contribution is -2.33. The van der Waals surface area contributed by atoms with Crippen molar-refractivity contribution in [1.82, 2.24) is 4.90 Å². The Hall–Kier alpha value is -1.34. The zero-order valence-corrected chi connectivity index (χ0v) is 11.4. The lowest BCUT2D eigenvalue weighted by molar-refractivity contribution is 0.0768. The van der Waals surface area contributed by atoms with Crippen molar-refractivity contribution in [3.63, 3.8) is 0 Å². The summed E-state index contributed by atoms with van der Waals surface area (Å²) in [5, 5.41) is 0. The van der Waals surface area contributed by atoms with E-state index >= 15 is 0 Å². The van der Waals surface area contributed by atoms with Gasteiger partial charge in [0.1, 0.15) is 5.82 Å². The van der Waals surface area contributed by atoms with Crippen LogP contribution in [0.5, 0.6) is 0 Å². The number of hydrogen-bond donors (Lipinski definition) is 0. The van der Waals surface area contributed by atoms with E-state index < -0.39 is 5.82 Å². The second-order valence-corrected chi connectivity index (χ2v) is 5.23. The number of hydrogen-bond acceptors (Lipinski definition) is 1. The summed E-state index contributed by atoms with van der Waals surface area (Å²) in [5.74, 6) is 2.38. The number of benzene rings is 1. The van der Waals surface area contributed by atoms with Crippen LogP contribution < -0.4 is 0 Å².